The van der Waals surface area contributed by atoms with Gasteiger partial charge >= 0.3 is 0 Å². The predicted octanol–water partition coefficient (Wildman–Crippen LogP) is 6.80. The van der Waals surface area contributed by atoms with Crippen LogP contribution >= 0.6 is 15.9 Å². The number of halogens is 1. The Morgan fingerprint density at radius 3 is 2.18 bits per heavy atom. The zero-order valence-corrected chi connectivity index (χ0v) is 20.6. The van der Waals surface area contributed by atoms with Gasteiger partial charge in [0, 0.05) is 27.6 Å². The number of carbonyl (C=O) groups excluding carboxylic acids is 1. The van der Waals surface area contributed by atoms with Gasteiger partial charge in [-0.25, -0.2) is 0 Å². The van der Waals surface area contributed by atoms with Gasteiger partial charge in [-0.1, -0.05) is 103 Å². The normalized spacial score (nSPS) is 19.6. The summed E-state index contributed by atoms with van der Waals surface area (Å²) in [5, 5.41) is 12.2. The third-order valence-corrected chi connectivity index (χ3v) is 7.87. The molecule has 6 rings (SSSR count). The minimum absolute atomic E-state index is 0.282. The molecule has 1 aliphatic carbocycles. The molecule has 4 heteroatoms. The fourth-order valence-electron chi connectivity index (χ4n) is 5.71. The van der Waals surface area contributed by atoms with Crippen molar-refractivity contribution in [2.75, 3.05) is 4.90 Å². The lowest BCUT2D eigenvalue weighted by atomic mass is 9.81. The number of hydrogen-bond donors (Lipinski definition) is 1. The minimum Gasteiger partial charge on any atom is -0.361 e. The maximum Gasteiger partial charge on any atom is 0.230 e. The van der Waals surface area contributed by atoms with Crippen molar-refractivity contribution in [2.24, 2.45) is 0 Å². The van der Waals surface area contributed by atoms with Gasteiger partial charge in [0.25, 0.3) is 0 Å². The molecule has 0 bridgehead atoms. The van der Waals surface area contributed by atoms with Crippen LogP contribution in [0.3, 0.4) is 0 Å². The Labute approximate surface area is 207 Å². The second kappa shape index (κ2) is 7.39. The number of hydrogen-bond acceptors (Lipinski definition) is 3. The first-order valence-electron chi connectivity index (χ1n) is 11.5. The molecular formula is C30H24BrNO2. The first-order valence-corrected chi connectivity index (χ1v) is 12.2. The van der Waals surface area contributed by atoms with Crippen molar-refractivity contribution in [3.63, 3.8) is 0 Å². The van der Waals surface area contributed by atoms with E-state index < -0.39 is 5.72 Å². The highest BCUT2D eigenvalue weighted by Gasteiger charge is 2.54. The van der Waals surface area contributed by atoms with Crippen molar-refractivity contribution < 1.29 is 9.90 Å². The lowest BCUT2D eigenvalue weighted by molar-refractivity contribution is 0.0319. The van der Waals surface area contributed by atoms with Crippen LogP contribution < -0.4 is 4.90 Å². The largest absolute Gasteiger partial charge is 0.361 e. The number of aliphatic hydroxyl groups is 1. The van der Waals surface area contributed by atoms with E-state index >= 15 is 0 Å². The summed E-state index contributed by atoms with van der Waals surface area (Å²) < 4.78 is 0.898. The van der Waals surface area contributed by atoms with E-state index in [0.29, 0.717) is 17.7 Å². The first kappa shape index (κ1) is 21.3. The Kier molecular flexibility index (Phi) is 4.64. The van der Waals surface area contributed by atoms with Crippen molar-refractivity contribution in [1.29, 1.82) is 0 Å². The van der Waals surface area contributed by atoms with Gasteiger partial charge in [0.15, 0.2) is 0 Å². The summed E-state index contributed by atoms with van der Waals surface area (Å²) in [4.78, 5) is 15.9. The molecule has 0 fully saturated rings. The Bertz CT molecular complexity index is 1440. The van der Waals surface area contributed by atoms with Crippen LogP contribution in [-0.4, -0.2) is 10.9 Å². The van der Waals surface area contributed by atoms with Gasteiger partial charge in [-0.15, -0.1) is 0 Å². The first-order chi connectivity index (χ1) is 16.3. The number of fused-ring (bicyclic) bond motifs is 5. The molecule has 0 spiro atoms. The number of carbonyl (C=O) groups is 1. The molecule has 0 radical (unpaired) electrons. The standard InChI is InChI=1S/C30H24BrNO2/c1-29(2)25-11-7-6-10-22(25)23-16-17-24-27(26(23)29)32(18-19-8-4-3-5-9-19)30(34,28(24)33)20-12-14-21(31)15-13-20/h3-17,34H,18H2,1-2H3. The molecule has 0 amide bonds. The third-order valence-electron chi connectivity index (χ3n) is 7.35. The fourth-order valence-corrected chi connectivity index (χ4v) is 5.97. The van der Waals surface area contributed by atoms with Crippen molar-refractivity contribution in [3.8, 4) is 11.1 Å². The van der Waals surface area contributed by atoms with Crippen molar-refractivity contribution in [1.82, 2.24) is 0 Å². The van der Waals surface area contributed by atoms with Crippen molar-refractivity contribution >= 4 is 27.4 Å². The van der Waals surface area contributed by atoms with Crippen LogP contribution in [-0.2, 0) is 17.7 Å². The van der Waals surface area contributed by atoms with E-state index in [4.69, 9.17) is 0 Å². The quantitative estimate of drug-likeness (QED) is 0.330. The number of nitrogens with zero attached hydrogens (tertiary/aromatic N) is 1. The Hall–Kier alpha value is -3.21. The smallest absolute Gasteiger partial charge is 0.230 e. The predicted molar refractivity (Wildman–Crippen MR) is 139 cm³/mol. The van der Waals surface area contributed by atoms with E-state index in [-0.39, 0.29) is 11.2 Å². The highest BCUT2D eigenvalue weighted by atomic mass is 79.9. The average Bonchev–Trinajstić information content (AvgIpc) is 3.21. The topological polar surface area (TPSA) is 40.5 Å². The van der Waals surface area contributed by atoms with Gasteiger partial charge in [-0.05, 0) is 46.0 Å². The van der Waals surface area contributed by atoms with Crippen LogP contribution in [0, 0.1) is 0 Å². The molecule has 3 nitrogen and oxygen atoms in total. The molecule has 0 aromatic heterocycles. The molecule has 34 heavy (non-hydrogen) atoms. The number of Topliss-reactive ketones (excluding diaryl/α,β-unsaturated/α-hetero) is 1. The lowest BCUT2D eigenvalue weighted by Gasteiger charge is -2.37. The van der Waals surface area contributed by atoms with Crippen LogP contribution in [0.25, 0.3) is 11.1 Å². The zero-order valence-electron chi connectivity index (χ0n) is 19.0. The number of benzene rings is 4. The highest BCUT2D eigenvalue weighted by molar-refractivity contribution is 9.10. The average molecular weight is 510 g/mol. The molecule has 1 unspecified atom stereocenters. The van der Waals surface area contributed by atoms with Gasteiger partial charge < -0.3 is 10.0 Å². The van der Waals surface area contributed by atoms with Crippen LogP contribution in [0.5, 0.6) is 0 Å². The summed E-state index contributed by atoms with van der Waals surface area (Å²) in [6.07, 6.45) is 0. The molecule has 0 saturated carbocycles. The third kappa shape index (κ3) is 2.82. The van der Waals surface area contributed by atoms with Crippen LogP contribution in [0.15, 0.2) is 95.5 Å². The number of ketones is 1. The lowest BCUT2D eigenvalue weighted by Crippen LogP contribution is -2.47. The van der Waals surface area contributed by atoms with E-state index in [1.807, 2.05) is 71.6 Å². The van der Waals surface area contributed by atoms with Gasteiger partial charge in [0.1, 0.15) is 0 Å². The summed E-state index contributed by atoms with van der Waals surface area (Å²) in [5.74, 6) is -0.282. The summed E-state index contributed by atoms with van der Waals surface area (Å²) in [6.45, 7) is 4.83. The van der Waals surface area contributed by atoms with Gasteiger partial charge in [0.2, 0.25) is 11.5 Å². The molecule has 1 heterocycles. The molecular weight excluding hydrogens is 486 g/mol. The van der Waals surface area contributed by atoms with Crippen LogP contribution in [0.1, 0.15) is 46.5 Å². The molecule has 4 aromatic rings. The summed E-state index contributed by atoms with van der Waals surface area (Å²) in [7, 11) is 0. The summed E-state index contributed by atoms with van der Waals surface area (Å²) in [5.41, 5.74) is 5.56. The van der Waals surface area contributed by atoms with E-state index in [0.717, 1.165) is 26.9 Å². The maximum atomic E-state index is 14.0. The second-order valence-corrected chi connectivity index (χ2v) is 10.6. The molecule has 1 atom stereocenters. The molecule has 168 valence electrons. The molecule has 1 N–H and O–H groups in total. The van der Waals surface area contributed by atoms with Crippen LogP contribution in [0.2, 0.25) is 0 Å². The highest BCUT2D eigenvalue weighted by Crippen LogP contribution is 2.57. The maximum absolute atomic E-state index is 14.0. The van der Waals surface area contributed by atoms with Crippen molar-refractivity contribution in [3.05, 3.63) is 123 Å². The molecule has 0 saturated heterocycles. The van der Waals surface area contributed by atoms with Crippen LogP contribution in [0.4, 0.5) is 5.69 Å². The number of anilines is 1. The zero-order chi connectivity index (χ0) is 23.7. The molecule has 2 aliphatic rings. The van der Waals surface area contributed by atoms with E-state index in [1.54, 1.807) is 0 Å². The Morgan fingerprint density at radius 1 is 0.794 bits per heavy atom. The van der Waals surface area contributed by atoms with E-state index in [1.165, 1.54) is 11.1 Å². The summed E-state index contributed by atoms with van der Waals surface area (Å²) >= 11 is 3.48. The minimum atomic E-state index is -1.79. The summed E-state index contributed by atoms with van der Waals surface area (Å²) in [6, 6.07) is 29.8. The van der Waals surface area contributed by atoms with Gasteiger partial charge in [0.05, 0.1) is 5.69 Å². The SMILES string of the molecule is CC1(C)c2ccccc2-c2ccc3c(c21)N(Cc1ccccc1)C(O)(c1ccc(Br)cc1)C3=O. The number of rotatable bonds is 3. The Morgan fingerprint density at radius 2 is 1.44 bits per heavy atom. The molecule has 4 aromatic carbocycles. The van der Waals surface area contributed by atoms with Crippen molar-refractivity contribution in [2.45, 2.75) is 31.5 Å². The second-order valence-electron chi connectivity index (χ2n) is 9.63. The van der Waals surface area contributed by atoms with Gasteiger partial charge in [-0.3, -0.25) is 4.79 Å². The molecule has 1 aliphatic heterocycles. The monoisotopic (exact) mass is 509 g/mol. The van der Waals surface area contributed by atoms with Gasteiger partial charge in [-0.2, -0.15) is 0 Å². The Balaban J connectivity index is 1.63. The fraction of sp³-hybridized carbons (Fsp3) is 0.167. The van der Waals surface area contributed by atoms with E-state index in [2.05, 4.69) is 54.0 Å². The van der Waals surface area contributed by atoms with E-state index in [9.17, 15) is 9.90 Å².